The van der Waals surface area contributed by atoms with Gasteiger partial charge in [0.15, 0.2) is 5.82 Å². The number of hydrogen-bond acceptors (Lipinski definition) is 6. The summed E-state index contributed by atoms with van der Waals surface area (Å²) < 4.78 is 9.53. The first-order valence-corrected chi connectivity index (χ1v) is 9.67. The summed E-state index contributed by atoms with van der Waals surface area (Å²) in [7, 11) is 2.04. The molecule has 5 heterocycles. The van der Waals surface area contributed by atoms with Gasteiger partial charge in [-0.1, -0.05) is 0 Å². The average molecular weight is 367 g/mol. The summed E-state index contributed by atoms with van der Waals surface area (Å²) in [5.74, 6) is 2.32. The van der Waals surface area contributed by atoms with Crippen LogP contribution >= 0.6 is 0 Å². The van der Waals surface area contributed by atoms with Gasteiger partial charge < -0.3 is 9.64 Å². The number of nitrogens with zero attached hydrogens (tertiary/aromatic N) is 7. The van der Waals surface area contributed by atoms with Crippen molar-refractivity contribution in [1.82, 2.24) is 29.4 Å². The summed E-state index contributed by atoms with van der Waals surface area (Å²) in [5.41, 5.74) is 5.95. The standard InChI is InChI=1S/C19H25N7O/c1-12-15-10-25(7-4-16(15)24(3)23-12)19-18-17(14-5-8-27-9-6-14)22-13(2)26(18)21-11-20-19/h11,14H,4-10H2,1-3H3. The highest BCUT2D eigenvalue weighted by atomic mass is 16.5. The molecule has 0 aromatic carbocycles. The van der Waals surface area contributed by atoms with Crippen molar-refractivity contribution in [2.24, 2.45) is 7.05 Å². The molecular weight excluding hydrogens is 342 g/mol. The van der Waals surface area contributed by atoms with Crippen LogP contribution in [0.3, 0.4) is 0 Å². The summed E-state index contributed by atoms with van der Waals surface area (Å²) in [6, 6.07) is 0. The minimum Gasteiger partial charge on any atom is -0.381 e. The fourth-order valence-corrected chi connectivity index (χ4v) is 4.54. The van der Waals surface area contributed by atoms with Crippen LogP contribution in [-0.4, -0.2) is 49.1 Å². The van der Waals surface area contributed by atoms with Gasteiger partial charge in [-0.2, -0.15) is 10.2 Å². The van der Waals surface area contributed by atoms with Crippen LogP contribution in [0.2, 0.25) is 0 Å². The zero-order valence-corrected chi connectivity index (χ0v) is 16.1. The van der Waals surface area contributed by atoms with Crippen LogP contribution in [0.1, 0.15) is 47.2 Å². The van der Waals surface area contributed by atoms with E-state index in [0.29, 0.717) is 5.92 Å². The molecule has 0 amide bonds. The Morgan fingerprint density at radius 3 is 2.81 bits per heavy atom. The Hall–Kier alpha value is -2.48. The molecule has 5 rings (SSSR count). The van der Waals surface area contributed by atoms with Gasteiger partial charge in [0.25, 0.3) is 0 Å². The number of imidazole rings is 1. The van der Waals surface area contributed by atoms with Crippen molar-refractivity contribution >= 4 is 11.3 Å². The van der Waals surface area contributed by atoms with Crippen LogP contribution in [0.25, 0.3) is 5.52 Å². The SMILES string of the molecule is Cc1nn(C)c2c1CN(c1ncnn3c(C)nc(C4CCOCC4)c13)CC2. The first-order chi connectivity index (χ1) is 13.1. The molecule has 0 saturated carbocycles. The number of aromatic nitrogens is 6. The average Bonchev–Trinajstić information content (AvgIpc) is 3.19. The number of rotatable bonds is 2. The molecule has 0 aliphatic carbocycles. The number of fused-ring (bicyclic) bond motifs is 2. The maximum Gasteiger partial charge on any atom is 0.158 e. The highest BCUT2D eigenvalue weighted by Gasteiger charge is 2.29. The van der Waals surface area contributed by atoms with E-state index in [1.54, 1.807) is 6.33 Å². The molecule has 3 aromatic heterocycles. The lowest BCUT2D eigenvalue weighted by Crippen LogP contribution is -2.32. The zero-order chi connectivity index (χ0) is 18.5. The van der Waals surface area contributed by atoms with Gasteiger partial charge in [0.05, 0.1) is 11.4 Å². The second-order valence-electron chi connectivity index (χ2n) is 7.58. The number of anilines is 1. The Kier molecular flexibility index (Phi) is 3.89. The van der Waals surface area contributed by atoms with Crippen molar-refractivity contribution in [2.75, 3.05) is 24.7 Å². The molecule has 0 unspecified atom stereocenters. The lowest BCUT2D eigenvalue weighted by Gasteiger charge is -2.29. The number of ether oxygens (including phenoxy) is 1. The van der Waals surface area contributed by atoms with Gasteiger partial charge in [0, 0.05) is 56.9 Å². The first-order valence-electron chi connectivity index (χ1n) is 9.67. The molecule has 3 aromatic rings. The van der Waals surface area contributed by atoms with E-state index in [1.165, 1.54) is 11.3 Å². The van der Waals surface area contributed by atoms with Crippen molar-refractivity contribution in [1.29, 1.82) is 0 Å². The predicted molar refractivity (Wildman–Crippen MR) is 101 cm³/mol. The smallest absolute Gasteiger partial charge is 0.158 e. The van der Waals surface area contributed by atoms with E-state index in [1.807, 2.05) is 23.2 Å². The second-order valence-corrected chi connectivity index (χ2v) is 7.58. The summed E-state index contributed by atoms with van der Waals surface area (Å²) >= 11 is 0. The third-order valence-corrected chi connectivity index (χ3v) is 5.95. The maximum atomic E-state index is 5.56. The fourth-order valence-electron chi connectivity index (χ4n) is 4.54. The molecular formula is C19H25N7O. The minimum absolute atomic E-state index is 0.410. The van der Waals surface area contributed by atoms with Gasteiger partial charge in [-0.15, -0.1) is 0 Å². The van der Waals surface area contributed by atoms with Crippen molar-refractivity contribution in [3.05, 3.63) is 34.8 Å². The zero-order valence-electron chi connectivity index (χ0n) is 16.1. The summed E-state index contributed by atoms with van der Waals surface area (Å²) in [6.07, 6.45) is 4.64. The monoisotopic (exact) mass is 367 g/mol. The normalized spacial score (nSPS) is 18.3. The van der Waals surface area contributed by atoms with Crippen molar-refractivity contribution in [2.45, 2.75) is 45.6 Å². The lowest BCUT2D eigenvalue weighted by atomic mass is 9.95. The largest absolute Gasteiger partial charge is 0.381 e. The highest BCUT2D eigenvalue weighted by Crippen LogP contribution is 2.35. The van der Waals surface area contributed by atoms with Gasteiger partial charge in [0.2, 0.25) is 0 Å². The van der Waals surface area contributed by atoms with E-state index in [-0.39, 0.29) is 0 Å². The minimum atomic E-state index is 0.410. The molecule has 142 valence electrons. The molecule has 0 bridgehead atoms. The molecule has 8 heteroatoms. The van der Waals surface area contributed by atoms with Crippen LogP contribution in [0.15, 0.2) is 6.33 Å². The van der Waals surface area contributed by atoms with Gasteiger partial charge >= 0.3 is 0 Å². The lowest BCUT2D eigenvalue weighted by molar-refractivity contribution is 0.0848. The Labute approximate surface area is 158 Å². The van der Waals surface area contributed by atoms with Gasteiger partial charge in [-0.3, -0.25) is 4.68 Å². The maximum absolute atomic E-state index is 5.56. The molecule has 0 N–H and O–H groups in total. The third-order valence-electron chi connectivity index (χ3n) is 5.95. The predicted octanol–water partition coefficient (Wildman–Crippen LogP) is 1.93. The Bertz CT molecular complexity index is 999. The molecule has 27 heavy (non-hydrogen) atoms. The van der Waals surface area contributed by atoms with E-state index >= 15 is 0 Å². The summed E-state index contributed by atoms with van der Waals surface area (Å²) in [6.45, 7) is 7.47. The Morgan fingerprint density at radius 2 is 2.00 bits per heavy atom. The number of hydrogen-bond donors (Lipinski definition) is 0. The Morgan fingerprint density at radius 1 is 1.19 bits per heavy atom. The fraction of sp³-hybridized carbons (Fsp3) is 0.579. The highest BCUT2D eigenvalue weighted by molar-refractivity contribution is 5.73. The third kappa shape index (κ3) is 2.62. The van der Waals surface area contributed by atoms with Crippen molar-refractivity contribution in [3.8, 4) is 0 Å². The number of aryl methyl sites for hydroxylation is 3. The van der Waals surface area contributed by atoms with Crippen molar-refractivity contribution < 1.29 is 4.74 Å². The van der Waals surface area contributed by atoms with Crippen LogP contribution in [0, 0.1) is 13.8 Å². The summed E-state index contributed by atoms with van der Waals surface area (Å²) in [4.78, 5) is 12.0. The van der Waals surface area contributed by atoms with Crippen molar-refractivity contribution in [3.63, 3.8) is 0 Å². The molecule has 0 spiro atoms. The quantitative estimate of drug-likeness (QED) is 0.689. The van der Waals surface area contributed by atoms with Crippen LogP contribution in [0.5, 0.6) is 0 Å². The van der Waals surface area contributed by atoms with E-state index in [9.17, 15) is 0 Å². The second kappa shape index (κ2) is 6.30. The van der Waals surface area contributed by atoms with Gasteiger partial charge in [0.1, 0.15) is 17.7 Å². The van der Waals surface area contributed by atoms with Crippen LogP contribution in [-0.2, 0) is 24.8 Å². The molecule has 0 atom stereocenters. The van der Waals surface area contributed by atoms with Crippen LogP contribution in [0.4, 0.5) is 5.82 Å². The molecule has 1 saturated heterocycles. The van der Waals surface area contributed by atoms with E-state index in [2.05, 4.69) is 22.0 Å². The summed E-state index contributed by atoms with van der Waals surface area (Å²) in [5, 5.41) is 9.09. The van der Waals surface area contributed by atoms with Gasteiger partial charge in [-0.25, -0.2) is 14.5 Å². The topological polar surface area (TPSA) is 73.4 Å². The van der Waals surface area contributed by atoms with E-state index < -0.39 is 0 Å². The molecule has 2 aliphatic rings. The molecule has 1 fully saturated rings. The van der Waals surface area contributed by atoms with Crippen LogP contribution < -0.4 is 4.90 Å². The Balaban J connectivity index is 1.60. The molecule has 2 aliphatic heterocycles. The molecule has 8 nitrogen and oxygen atoms in total. The van der Waals surface area contributed by atoms with Gasteiger partial charge in [-0.05, 0) is 26.7 Å². The van der Waals surface area contributed by atoms with E-state index in [4.69, 9.17) is 14.7 Å². The first kappa shape index (κ1) is 16.7. The van der Waals surface area contributed by atoms with E-state index in [0.717, 1.165) is 74.1 Å². The molecule has 0 radical (unpaired) electrons.